The van der Waals surface area contributed by atoms with Gasteiger partial charge >= 0.3 is 0 Å². The van der Waals surface area contributed by atoms with Crippen LogP contribution in [0.5, 0.6) is 5.75 Å². The van der Waals surface area contributed by atoms with E-state index in [1.54, 1.807) is 36.3 Å². The van der Waals surface area contributed by atoms with Gasteiger partial charge in [0, 0.05) is 11.9 Å². The number of anilines is 1. The zero-order valence-corrected chi connectivity index (χ0v) is 17.5. The van der Waals surface area contributed by atoms with Crippen molar-refractivity contribution in [3.05, 3.63) is 90.0 Å². The van der Waals surface area contributed by atoms with Gasteiger partial charge in [-0.1, -0.05) is 42.5 Å². The van der Waals surface area contributed by atoms with Crippen molar-refractivity contribution in [2.75, 3.05) is 24.8 Å². The van der Waals surface area contributed by atoms with Gasteiger partial charge in [0.05, 0.1) is 24.1 Å². The fraction of sp³-hybridized carbons (Fsp3) is 0.125. The van der Waals surface area contributed by atoms with Gasteiger partial charge in [-0.05, 0) is 53.1 Å². The van der Waals surface area contributed by atoms with Gasteiger partial charge in [-0.3, -0.25) is 4.79 Å². The maximum Gasteiger partial charge on any atom is 0.259 e. The first kappa shape index (κ1) is 19.9. The summed E-state index contributed by atoms with van der Waals surface area (Å²) in [7, 11) is -1.68. The van der Waals surface area contributed by atoms with E-state index in [0.717, 1.165) is 28.1 Å². The van der Waals surface area contributed by atoms with E-state index in [0.29, 0.717) is 12.1 Å². The van der Waals surface area contributed by atoms with E-state index in [1.807, 2.05) is 54.6 Å². The lowest BCUT2D eigenvalue weighted by Crippen LogP contribution is -2.26. The second-order valence-electron chi connectivity index (χ2n) is 7.11. The highest BCUT2D eigenvalue weighted by atomic mass is 32.2. The molecule has 152 valence electrons. The largest absolute Gasteiger partial charge is 0.497 e. The molecule has 1 aliphatic heterocycles. The summed E-state index contributed by atoms with van der Waals surface area (Å²) in [5, 5.41) is 0. The van der Waals surface area contributed by atoms with Crippen molar-refractivity contribution >= 4 is 32.6 Å². The lowest BCUT2D eigenvalue weighted by molar-refractivity contribution is -0.112. The molecule has 0 saturated carbocycles. The first-order chi connectivity index (χ1) is 14.4. The molecule has 0 radical (unpaired) electrons. The second-order valence-corrected chi connectivity index (χ2v) is 9.12. The maximum absolute atomic E-state index is 13.4. The Morgan fingerprint density at radius 1 is 0.833 bits per heavy atom. The van der Waals surface area contributed by atoms with Crippen molar-refractivity contribution in [3.63, 3.8) is 0 Å². The molecular formula is C24H21NO4S. The van der Waals surface area contributed by atoms with Crippen LogP contribution in [-0.4, -0.2) is 34.2 Å². The summed E-state index contributed by atoms with van der Waals surface area (Å²) in [6.07, 6.45) is 1.18. The monoisotopic (exact) mass is 419 g/mol. The Morgan fingerprint density at radius 3 is 2.03 bits per heavy atom. The third kappa shape index (κ3) is 3.74. The van der Waals surface area contributed by atoms with E-state index >= 15 is 0 Å². The van der Waals surface area contributed by atoms with Gasteiger partial charge in [0.15, 0.2) is 9.84 Å². The summed E-state index contributed by atoms with van der Waals surface area (Å²) < 4.78 is 28.8. The molecule has 30 heavy (non-hydrogen) atoms. The molecule has 0 N–H and O–H groups in total. The Labute approximate surface area is 176 Å². The van der Waals surface area contributed by atoms with E-state index in [2.05, 4.69) is 0 Å². The Bertz CT molecular complexity index is 1210. The number of ether oxygens (including phenoxy) is 1. The highest BCUT2D eigenvalue weighted by molar-refractivity contribution is 7.90. The zero-order valence-electron chi connectivity index (χ0n) is 16.7. The quantitative estimate of drug-likeness (QED) is 0.626. The minimum atomic E-state index is -3.29. The minimum Gasteiger partial charge on any atom is -0.497 e. The summed E-state index contributed by atoms with van der Waals surface area (Å²) in [4.78, 5) is 15.4. The van der Waals surface area contributed by atoms with Gasteiger partial charge in [0.25, 0.3) is 5.91 Å². The molecule has 1 aliphatic rings. The molecule has 0 aliphatic carbocycles. The van der Waals surface area contributed by atoms with E-state index in [-0.39, 0.29) is 10.8 Å². The highest BCUT2D eigenvalue weighted by Crippen LogP contribution is 2.37. The van der Waals surface area contributed by atoms with Gasteiger partial charge in [-0.15, -0.1) is 0 Å². The molecule has 3 aromatic carbocycles. The lowest BCUT2D eigenvalue weighted by Gasteiger charge is -2.17. The molecule has 4 rings (SSSR count). The van der Waals surface area contributed by atoms with E-state index in [9.17, 15) is 13.2 Å². The van der Waals surface area contributed by atoms with Crippen molar-refractivity contribution in [1.29, 1.82) is 0 Å². The van der Waals surface area contributed by atoms with Crippen LogP contribution in [0.2, 0.25) is 0 Å². The van der Waals surface area contributed by atoms with Crippen LogP contribution in [0, 0.1) is 0 Å². The van der Waals surface area contributed by atoms with Crippen LogP contribution in [0.1, 0.15) is 11.1 Å². The normalized spacial score (nSPS) is 14.3. The van der Waals surface area contributed by atoms with Crippen LogP contribution in [0.15, 0.2) is 83.8 Å². The number of sulfone groups is 1. The number of benzene rings is 3. The molecule has 6 heteroatoms. The van der Waals surface area contributed by atoms with E-state index in [1.165, 1.54) is 6.26 Å². The molecule has 1 amide bonds. The van der Waals surface area contributed by atoms with Gasteiger partial charge in [0.2, 0.25) is 0 Å². The Balaban J connectivity index is 1.79. The zero-order chi connectivity index (χ0) is 21.3. The predicted octanol–water partition coefficient (Wildman–Crippen LogP) is 4.06. The third-order valence-electron chi connectivity index (χ3n) is 5.15. The van der Waals surface area contributed by atoms with Gasteiger partial charge in [0.1, 0.15) is 5.75 Å². The fourth-order valence-corrected chi connectivity index (χ4v) is 4.22. The highest BCUT2D eigenvalue weighted by Gasteiger charge is 2.33. The van der Waals surface area contributed by atoms with Gasteiger partial charge in [-0.25, -0.2) is 8.42 Å². The first-order valence-electron chi connectivity index (χ1n) is 9.43. The van der Waals surface area contributed by atoms with Crippen molar-refractivity contribution in [3.8, 4) is 5.75 Å². The molecule has 0 aromatic heterocycles. The molecule has 0 unspecified atom stereocenters. The summed E-state index contributed by atoms with van der Waals surface area (Å²) in [6, 6.07) is 23.6. The van der Waals surface area contributed by atoms with Crippen LogP contribution >= 0.6 is 0 Å². The summed E-state index contributed by atoms with van der Waals surface area (Å²) in [5.74, 6) is 0.631. The van der Waals surface area contributed by atoms with E-state index in [4.69, 9.17) is 4.74 Å². The number of rotatable bonds is 5. The molecule has 0 saturated heterocycles. The Morgan fingerprint density at radius 2 is 1.47 bits per heavy atom. The molecule has 1 heterocycles. The first-order valence-corrected chi connectivity index (χ1v) is 11.3. The Kier molecular flexibility index (Phi) is 5.18. The topological polar surface area (TPSA) is 63.7 Å². The molecule has 0 fully saturated rings. The summed E-state index contributed by atoms with van der Waals surface area (Å²) >= 11 is 0. The maximum atomic E-state index is 13.4. The lowest BCUT2D eigenvalue weighted by atomic mass is 9.97. The average Bonchev–Trinajstić information content (AvgIpc) is 3.11. The van der Waals surface area contributed by atoms with Gasteiger partial charge in [-0.2, -0.15) is 0 Å². The fourth-order valence-electron chi connectivity index (χ4n) is 3.59. The van der Waals surface area contributed by atoms with Crippen molar-refractivity contribution in [2.45, 2.75) is 4.90 Å². The molecule has 3 aromatic rings. The molecular weight excluding hydrogens is 398 g/mol. The van der Waals surface area contributed by atoms with E-state index < -0.39 is 9.84 Å². The molecule has 5 nitrogen and oxygen atoms in total. The average molecular weight is 420 g/mol. The van der Waals surface area contributed by atoms with Crippen molar-refractivity contribution < 1.29 is 17.9 Å². The minimum absolute atomic E-state index is 0.0893. The standard InChI is InChI=1S/C24H21NO4S/c1-29-20-12-10-19(11-13-20)25-16-22(17-8-14-21(15-9-17)30(2,27)28)23(24(25)26)18-6-4-3-5-7-18/h3-15H,16H2,1-2H3. The predicted molar refractivity (Wildman–Crippen MR) is 118 cm³/mol. The smallest absolute Gasteiger partial charge is 0.259 e. The summed E-state index contributed by atoms with van der Waals surface area (Å²) in [5.41, 5.74) is 3.92. The van der Waals surface area contributed by atoms with Crippen LogP contribution in [0.4, 0.5) is 5.69 Å². The summed E-state index contributed by atoms with van der Waals surface area (Å²) in [6.45, 7) is 0.396. The van der Waals surface area contributed by atoms with Crippen LogP contribution in [0.25, 0.3) is 11.1 Å². The molecule has 0 bridgehead atoms. The van der Waals surface area contributed by atoms with Crippen molar-refractivity contribution in [2.24, 2.45) is 0 Å². The van der Waals surface area contributed by atoms with Crippen molar-refractivity contribution in [1.82, 2.24) is 0 Å². The number of carbonyl (C=O) groups excluding carboxylic acids is 1. The SMILES string of the molecule is COc1ccc(N2CC(c3ccc(S(C)(=O)=O)cc3)=C(c3ccccc3)C2=O)cc1. The number of hydrogen-bond donors (Lipinski definition) is 0. The molecule has 0 spiro atoms. The number of methoxy groups -OCH3 is 1. The third-order valence-corrected chi connectivity index (χ3v) is 6.28. The Hall–Kier alpha value is -3.38. The van der Waals surface area contributed by atoms with Crippen LogP contribution in [-0.2, 0) is 14.6 Å². The number of nitrogens with zero attached hydrogens (tertiary/aromatic N) is 1. The number of carbonyl (C=O) groups is 1. The molecule has 0 atom stereocenters. The van der Waals surface area contributed by atoms with Gasteiger partial charge < -0.3 is 9.64 Å². The van der Waals surface area contributed by atoms with Crippen LogP contribution in [0.3, 0.4) is 0 Å². The number of amides is 1. The second kappa shape index (κ2) is 7.80. The number of hydrogen-bond acceptors (Lipinski definition) is 4. The van der Waals surface area contributed by atoms with Crippen LogP contribution < -0.4 is 9.64 Å².